The molecule has 1 rings (SSSR count). The molecule has 9 heavy (non-hydrogen) atoms. The molecular formula is C7H14O2. The van der Waals surface area contributed by atoms with Gasteiger partial charge in [0.05, 0.1) is 12.7 Å². The fourth-order valence-corrected chi connectivity index (χ4v) is 0.912. The summed E-state index contributed by atoms with van der Waals surface area (Å²) < 4.78 is 4.92. The number of aliphatic hydroxyl groups excluding tert-OH is 1. The van der Waals surface area contributed by atoms with Crippen LogP contribution in [0, 0.1) is 5.92 Å². The molecule has 2 nitrogen and oxygen atoms in total. The molecule has 0 aromatic carbocycles. The van der Waals surface area contributed by atoms with Crippen LogP contribution < -0.4 is 0 Å². The van der Waals surface area contributed by atoms with Gasteiger partial charge in [0.15, 0.2) is 0 Å². The first-order valence-corrected chi connectivity index (χ1v) is 3.50. The highest BCUT2D eigenvalue weighted by atomic mass is 16.6. The van der Waals surface area contributed by atoms with Crippen molar-refractivity contribution >= 4 is 0 Å². The van der Waals surface area contributed by atoms with E-state index in [2.05, 4.69) is 13.8 Å². The molecule has 0 aromatic rings. The largest absolute Gasteiger partial charge is 0.390 e. The van der Waals surface area contributed by atoms with Crippen molar-refractivity contribution in [3.8, 4) is 0 Å². The molecule has 0 spiro atoms. The molecule has 1 aliphatic heterocycles. The quantitative estimate of drug-likeness (QED) is 0.573. The van der Waals surface area contributed by atoms with Crippen LogP contribution in [0.1, 0.15) is 20.3 Å². The normalized spacial score (nSPS) is 28.7. The molecule has 1 heterocycles. The number of ether oxygens (including phenoxy) is 1. The van der Waals surface area contributed by atoms with Crippen LogP contribution in [0.5, 0.6) is 0 Å². The van der Waals surface area contributed by atoms with Gasteiger partial charge in [-0.3, -0.25) is 0 Å². The van der Waals surface area contributed by atoms with Gasteiger partial charge in [-0.25, -0.2) is 0 Å². The molecule has 1 saturated heterocycles. The van der Waals surface area contributed by atoms with E-state index in [0.717, 1.165) is 13.0 Å². The average Bonchev–Trinajstić information content (AvgIpc) is 2.40. The lowest BCUT2D eigenvalue weighted by Crippen LogP contribution is -2.16. The summed E-state index contributed by atoms with van der Waals surface area (Å²) in [6.45, 7) is 4.96. The van der Waals surface area contributed by atoms with Crippen LogP contribution in [0.25, 0.3) is 0 Å². The molecule has 1 N–H and O–H groups in total. The van der Waals surface area contributed by atoms with Crippen LogP contribution >= 0.6 is 0 Å². The molecular weight excluding hydrogens is 116 g/mol. The van der Waals surface area contributed by atoms with Gasteiger partial charge in [0.2, 0.25) is 0 Å². The van der Waals surface area contributed by atoms with Crippen molar-refractivity contribution in [1.29, 1.82) is 0 Å². The molecule has 2 atom stereocenters. The smallest absolute Gasteiger partial charge is 0.107 e. The second-order valence-corrected chi connectivity index (χ2v) is 3.07. The van der Waals surface area contributed by atoms with E-state index in [1.165, 1.54) is 0 Å². The summed E-state index contributed by atoms with van der Waals surface area (Å²) in [7, 11) is 0. The maximum Gasteiger partial charge on any atom is 0.107 e. The molecule has 0 radical (unpaired) electrons. The van der Waals surface area contributed by atoms with E-state index in [1.54, 1.807) is 0 Å². The summed E-state index contributed by atoms with van der Waals surface area (Å²) in [4.78, 5) is 0. The van der Waals surface area contributed by atoms with Gasteiger partial charge in [-0.05, 0) is 12.3 Å². The number of hydrogen-bond donors (Lipinski definition) is 1. The van der Waals surface area contributed by atoms with Crippen LogP contribution in [0.2, 0.25) is 0 Å². The van der Waals surface area contributed by atoms with Crippen LogP contribution in [0.3, 0.4) is 0 Å². The first kappa shape index (κ1) is 7.03. The third-order valence-corrected chi connectivity index (χ3v) is 1.50. The molecule has 0 saturated carbocycles. The minimum atomic E-state index is -0.218. The first-order chi connectivity index (χ1) is 4.20. The zero-order valence-corrected chi connectivity index (χ0v) is 6.00. The minimum Gasteiger partial charge on any atom is -0.390 e. The van der Waals surface area contributed by atoms with E-state index in [9.17, 15) is 5.11 Å². The van der Waals surface area contributed by atoms with E-state index < -0.39 is 0 Å². The van der Waals surface area contributed by atoms with Gasteiger partial charge in [0.1, 0.15) is 6.10 Å². The predicted molar refractivity (Wildman–Crippen MR) is 35.2 cm³/mol. The summed E-state index contributed by atoms with van der Waals surface area (Å²) >= 11 is 0. The van der Waals surface area contributed by atoms with Crippen molar-refractivity contribution in [2.75, 3.05) is 6.61 Å². The van der Waals surface area contributed by atoms with E-state index in [1.807, 2.05) is 0 Å². The lowest BCUT2D eigenvalue weighted by Gasteiger charge is -2.08. The van der Waals surface area contributed by atoms with Crippen molar-refractivity contribution in [3.63, 3.8) is 0 Å². The highest BCUT2D eigenvalue weighted by Crippen LogP contribution is 2.19. The summed E-state index contributed by atoms with van der Waals surface area (Å²) in [6, 6.07) is 0. The molecule has 0 bridgehead atoms. The van der Waals surface area contributed by atoms with E-state index in [-0.39, 0.29) is 12.2 Å². The number of epoxide rings is 1. The van der Waals surface area contributed by atoms with Crippen LogP contribution in [-0.4, -0.2) is 23.9 Å². The summed E-state index contributed by atoms with van der Waals surface area (Å²) in [5, 5.41) is 9.23. The Morgan fingerprint density at radius 3 is 2.56 bits per heavy atom. The lowest BCUT2D eigenvalue weighted by atomic mass is 10.0. The maximum absolute atomic E-state index is 9.23. The second-order valence-electron chi connectivity index (χ2n) is 3.07. The van der Waals surface area contributed by atoms with Crippen molar-refractivity contribution in [3.05, 3.63) is 0 Å². The monoisotopic (exact) mass is 130 g/mol. The zero-order chi connectivity index (χ0) is 6.85. The van der Waals surface area contributed by atoms with Crippen LogP contribution in [-0.2, 0) is 4.74 Å². The molecule has 1 aliphatic rings. The van der Waals surface area contributed by atoms with Gasteiger partial charge in [0.25, 0.3) is 0 Å². The topological polar surface area (TPSA) is 32.8 Å². The molecule has 54 valence electrons. The van der Waals surface area contributed by atoms with Gasteiger partial charge in [-0.2, -0.15) is 0 Å². The zero-order valence-electron chi connectivity index (χ0n) is 6.00. The third-order valence-electron chi connectivity index (χ3n) is 1.50. The Balaban J connectivity index is 2.10. The average molecular weight is 130 g/mol. The van der Waals surface area contributed by atoms with Gasteiger partial charge < -0.3 is 9.84 Å². The Bertz CT molecular complexity index is 86.9. The Morgan fingerprint density at radius 2 is 2.22 bits per heavy atom. The molecule has 0 aliphatic carbocycles. The fourth-order valence-electron chi connectivity index (χ4n) is 0.912. The van der Waals surface area contributed by atoms with Gasteiger partial charge in [-0.15, -0.1) is 0 Å². The Kier molecular flexibility index (Phi) is 2.09. The third kappa shape index (κ3) is 2.33. The number of hydrogen-bond acceptors (Lipinski definition) is 2. The van der Waals surface area contributed by atoms with Crippen LogP contribution in [0.15, 0.2) is 0 Å². The Labute approximate surface area is 55.8 Å². The predicted octanol–water partition coefficient (Wildman–Crippen LogP) is 0.792. The van der Waals surface area contributed by atoms with E-state index >= 15 is 0 Å². The van der Waals surface area contributed by atoms with Crippen molar-refractivity contribution in [2.24, 2.45) is 5.92 Å². The van der Waals surface area contributed by atoms with Crippen LogP contribution in [0.4, 0.5) is 0 Å². The van der Waals surface area contributed by atoms with Gasteiger partial charge in [-0.1, -0.05) is 13.8 Å². The highest BCUT2D eigenvalue weighted by Gasteiger charge is 2.31. The Morgan fingerprint density at radius 1 is 1.67 bits per heavy atom. The maximum atomic E-state index is 9.23. The Hall–Kier alpha value is -0.0800. The SMILES string of the molecule is CC(C)C[C@H](O)[C@H]1CO1. The fraction of sp³-hybridized carbons (Fsp3) is 1.00. The van der Waals surface area contributed by atoms with Crippen molar-refractivity contribution in [2.45, 2.75) is 32.5 Å². The number of aliphatic hydroxyl groups is 1. The molecule has 1 fully saturated rings. The summed E-state index contributed by atoms with van der Waals surface area (Å²) in [5.74, 6) is 0.573. The van der Waals surface area contributed by atoms with E-state index in [4.69, 9.17) is 4.74 Å². The summed E-state index contributed by atoms with van der Waals surface area (Å²) in [5.41, 5.74) is 0. The van der Waals surface area contributed by atoms with E-state index in [0.29, 0.717) is 5.92 Å². The second kappa shape index (κ2) is 2.67. The first-order valence-electron chi connectivity index (χ1n) is 3.50. The minimum absolute atomic E-state index is 0.160. The van der Waals surface area contributed by atoms with Gasteiger partial charge >= 0.3 is 0 Å². The molecule has 0 aromatic heterocycles. The number of rotatable bonds is 3. The standard InChI is InChI=1S/C7H14O2/c1-5(2)3-6(8)7-4-9-7/h5-8H,3-4H2,1-2H3/t6-,7+/m0/s1. The van der Waals surface area contributed by atoms with Crippen molar-refractivity contribution < 1.29 is 9.84 Å². The highest BCUT2D eigenvalue weighted by molar-refractivity contribution is 4.78. The molecule has 0 unspecified atom stereocenters. The molecule has 2 heteroatoms. The van der Waals surface area contributed by atoms with Crippen molar-refractivity contribution in [1.82, 2.24) is 0 Å². The summed E-state index contributed by atoms with van der Waals surface area (Å²) in [6.07, 6.45) is 0.808. The molecule has 0 amide bonds. The van der Waals surface area contributed by atoms with Gasteiger partial charge in [0, 0.05) is 0 Å². The lowest BCUT2D eigenvalue weighted by molar-refractivity contribution is 0.113.